The second kappa shape index (κ2) is 4.45. The van der Waals surface area contributed by atoms with Gasteiger partial charge in [-0.3, -0.25) is 4.99 Å². The first kappa shape index (κ1) is 12.6. The molecule has 0 bridgehead atoms. The Balaban J connectivity index is 2.10. The fourth-order valence-corrected chi connectivity index (χ4v) is 4.11. The zero-order valence-electron chi connectivity index (χ0n) is 10.1. The lowest BCUT2D eigenvalue weighted by atomic mass is 9.91. The average molecular weight is 261 g/mol. The summed E-state index contributed by atoms with van der Waals surface area (Å²) in [6, 6.07) is 0. The molecule has 2 heterocycles. The fourth-order valence-electron chi connectivity index (χ4n) is 2.52. The molecule has 0 aliphatic carbocycles. The number of methoxy groups -OCH3 is 1. The summed E-state index contributed by atoms with van der Waals surface area (Å²) in [6.07, 6.45) is 1.23. The van der Waals surface area contributed by atoms with Crippen LogP contribution in [0.25, 0.3) is 0 Å². The smallest absolute Gasteiger partial charge is 0.191 e. The van der Waals surface area contributed by atoms with Crippen LogP contribution in [-0.2, 0) is 14.6 Å². The molecule has 98 valence electrons. The van der Waals surface area contributed by atoms with E-state index in [1.807, 2.05) is 4.90 Å². The highest BCUT2D eigenvalue weighted by Crippen LogP contribution is 2.33. The lowest BCUT2D eigenvalue weighted by Crippen LogP contribution is -2.56. The molecule has 0 unspecified atom stereocenters. The van der Waals surface area contributed by atoms with Gasteiger partial charge in [0.2, 0.25) is 0 Å². The Morgan fingerprint density at radius 2 is 2.12 bits per heavy atom. The molecule has 1 spiro atoms. The number of nitrogens with two attached hydrogens (primary N) is 1. The number of hydrogen-bond acceptors (Lipinski definition) is 6. The van der Waals surface area contributed by atoms with E-state index in [0.29, 0.717) is 38.5 Å². The van der Waals surface area contributed by atoms with Crippen LogP contribution >= 0.6 is 0 Å². The maximum atomic E-state index is 11.5. The summed E-state index contributed by atoms with van der Waals surface area (Å²) < 4.78 is 28.0. The molecule has 0 aromatic heterocycles. The molecule has 0 atom stereocenters. The molecule has 0 radical (unpaired) electrons. The Morgan fingerprint density at radius 3 is 2.71 bits per heavy atom. The van der Waals surface area contributed by atoms with E-state index in [2.05, 4.69) is 4.99 Å². The minimum atomic E-state index is -2.86. The Bertz CT molecular complexity index is 405. The predicted octanol–water partition coefficient (Wildman–Crippen LogP) is -0.789. The average Bonchev–Trinajstić information content (AvgIpc) is 2.59. The predicted molar refractivity (Wildman–Crippen MR) is 65.7 cm³/mol. The number of rotatable bonds is 3. The molecule has 2 aliphatic heterocycles. The number of guanidine groups is 1. The van der Waals surface area contributed by atoms with E-state index >= 15 is 0 Å². The molecule has 2 rings (SSSR count). The molecule has 2 aliphatic rings. The lowest BCUT2D eigenvalue weighted by molar-refractivity contribution is 0.121. The third kappa shape index (κ3) is 2.40. The zero-order chi connectivity index (χ0) is 12.5. The van der Waals surface area contributed by atoms with Crippen molar-refractivity contribution in [3.8, 4) is 0 Å². The molecule has 1 saturated heterocycles. The quantitative estimate of drug-likeness (QED) is 0.719. The van der Waals surface area contributed by atoms with Crippen molar-refractivity contribution in [2.75, 3.05) is 38.3 Å². The summed E-state index contributed by atoms with van der Waals surface area (Å²) in [4.78, 5) is 6.28. The van der Waals surface area contributed by atoms with E-state index in [-0.39, 0.29) is 17.0 Å². The molecule has 6 nitrogen and oxygen atoms in total. The largest absolute Gasteiger partial charge is 0.383 e. The van der Waals surface area contributed by atoms with Gasteiger partial charge in [0.05, 0.1) is 30.2 Å². The van der Waals surface area contributed by atoms with E-state index in [9.17, 15) is 8.42 Å². The minimum Gasteiger partial charge on any atom is -0.383 e. The SMILES string of the molecule is COCCN1C(N)=NCC12CCS(=O)(=O)CC2. The van der Waals surface area contributed by atoms with Gasteiger partial charge >= 0.3 is 0 Å². The van der Waals surface area contributed by atoms with Crippen LogP contribution in [-0.4, -0.2) is 63.1 Å². The van der Waals surface area contributed by atoms with Gasteiger partial charge in [-0.25, -0.2) is 8.42 Å². The monoisotopic (exact) mass is 261 g/mol. The van der Waals surface area contributed by atoms with Crippen LogP contribution in [0.15, 0.2) is 4.99 Å². The first-order chi connectivity index (χ1) is 7.99. The van der Waals surface area contributed by atoms with E-state index in [1.165, 1.54) is 0 Å². The Morgan fingerprint density at radius 1 is 1.47 bits per heavy atom. The van der Waals surface area contributed by atoms with Crippen molar-refractivity contribution in [2.45, 2.75) is 18.4 Å². The van der Waals surface area contributed by atoms with Crippen LogP contribution in [0.5, 0.6) is 0 Å². The number of ether oxygens (including phenoxy) is 1. The summed E-state index contributed by atoms with van der Waals surface area (Å²) in [5, 5.41) is 0. The number of hydrogen-bond donors (Lipinski definition) is 1. The van der Waals surface area contributed by atoms with Crippen molar-refractivity contribution in [1.29, 1.82) is 0 Å². The van der Waals surface area contributed by atoms with E-state index in [4.69, 9.17) is 10.5 Å². The lowest BCUT2D eigenvalue weighted by Gasteiger charge is -2.41. The molecular formula is C10H19N3O3S. The summed E-state index contributed by atoms with van der Waals surface area (Å²) >= 11 is 0. The van der Waals surface area contributed by atoms with Gasteiger partial charge in [-0.2, -0.15) is 0 Å². The molecule has 2 N–H and O–H groups in total. The second-order valence-electron chi connectivity index (χ2n) is 4.70. The molecule has 0 saturated carbocycles. The molecule has 7 heteroatoms. The number of nitrogens with zero attached hydrogens (tertiary/aromatic N) is 2. The van der Waals surface area contributed by atoms with Crippen molar-refractivity contribution < 1.29 is 13.2 Å². The molecule has 17 heavy (non-hydrogen) atoms. The Hall–Kier alpha value is -0.820. The van der Waals surface area contributed by atoms with Gasteiger partial charge in [0.1, 0.15) is 0 Å². The topological polar surface area (TPSA) is 85.0 Å². The third-order valence-electron chi connectivity index (χ3n) is 3.66. The van der Waals surface area contributed by atoms with Crippen LogP contribution in [0, 0.1) is 0 Å². The van der Waals surface area contributed by atoms with Crippen molar-refractivity contribution in [3.05, 3.63) is 0 Å². The van der Waals surface area contributed by atoms with Gasteiger partial charge in [0, 0.05) is 13.7 Å². The van der Waals surface area contributed by atoms with Crippen LogP contribution in [0.4, 0.5) is 0 Å². The highest BCUT2D eigenvalue weighted by atomic mass is 32.2. The fraction of sp³-hybridized carbons (Fsp3) is 0.900. The second-order valence-corrected chi connectivity index (χ2v) is 7.00. The van der Waals surface area contributed by atoms with Crippen LogP contribution in [0.1, 0.15) is 12.8 Å². The minimum absolute atomic E-state index is 0.187. The normalized spacial score (nSPS) is 26.2. The van der Waals surface area contributed by atoms with Gasteiger partial charge in [-0.1, -0.05) is 0 Å². The van der Waals surface area contributed by atoms with Gasteiger partial charge in [0.15, 0.2) is 15.8 Å². The first-order valence-electron chi connectivity index (χ1n) is 5.76. The molecule has 1 fully saturated rings. The van der Waals surface area contributed by atoms with Crippen LogP contribution in [0.3, 0.4) is 0 Å². The first-order valence-corrected chi connectivity index (χ1v) is 7.58. The maximum absolute atomic E-state index is 11.5. The van der Waals surface area contributed by atoms with Crippen LogP contribution < -0.4 is 5.73 Å². The zero-order valence-corrected chi connectivity index (χ0v) is 10.9. The van der Waals surface area contributed by atoms with Gasteiger partial charge in [0.25, 0.3) is 0 Å². The maximum Gasteiger partial charge on any atom is 0.191 e. The summed E-state index contributed by atoms with van der Waals surface area (Å²) in [7, 11) is -1.22. The highest BCUT2D eigenvalue weighted by molar-refractivity contribution is 7.91. The molecule has 0 aromatic carbocycles. The van der Waals surface area contributed by atoms with Gasteiger partial charge in [-0.15, -0.1) is 0 Å². The van der Waals surface area contributed by atoms with E-state index in [1.54, 1.807) is 7.11 Å². The molecule has 0 amide bonds. The number of sulfone groups is 1. The van der Waals surface area contributed by atoms with Crippen molar-refractivity contribution >= 4 is 15.8 Å². The Kier molecular flexibility index (Phi) is 3.31. The van der Waals surface area contributed by atoms with E-state index < -0.39 is 9.84 Å². The van der Waals surface area contributed by atoms with Crippen LogP contribution in [0.2, 0.25) is 0 Å². The van der Waals surface area contributed by atoms with Crippen molar-refractivity contribution in [2.24, 2.45) is 10.7 Å². The van der Waals surface area contributed by atoms with Crippen molar-refractivity contribution in [3.63, 3.8) is 0 Å². The van der Waals surface area contributed by atoms with E-state index in [0.717, 1.165) is 0 Å². The van der Waals surface area contributed by atoms with Crippen molar-refractivity contribution in [1.82, 2.24) is 4.90 Å². The summed E-state index contributed by atoms with van der Waals surface area (Å²) in [5.74, 6) is 0.986. The standard InChI is InChI=1S/C10H19N3O3S/c1-16-5-4-13-9(11)12-8-10(13)2-6-17(14,15)7-3-10/h2-8H2,1H3,(H2,11,12). The van der Waals surface area contributed by atoms with Gasteiger partial charge in [-0.05, 0) is 12.8 Å². The van der Waals surface area contributed by atoms with Gasteiger partial charge < -0.3 is 15.4 Å². The summed E-state index contributed by atoms with van der Waals surface area (Å²) in [5.41, 5.74) is 5.68. The molecular weight excluding hydrogens is 242 g/mol. The Labute approximate surface area is 102 Å². The number of aliphatic imine (C=N–C) groups is 1. The summed E-state index contributed by atoms with van der Waals surface area (Å²) in [6.45, 7) is 1.86. The third-order valence-corrected chi connectivity index (χ3v) is 5.31. The highest BCUT2D eigenvalue weighted by Gasteiger charge is 2.45. The molecule has 0 aromatic rings.